The molecule has 1 aromatic rings. The molecule has 1 aromatic carbocycles. The summed E-state index contributed by atoms with van der Waals surface area (Å²) in [6.07, 6.45) is 4.45. The molecule has 0 saturated carbocycles. The van der Waals surface area contributed by atoms with Crippen LogP contribution >= 0.6 is 11.8 Å². The first-order valence-corrected chi connectivity index (χ1v) is 9.30. The average molecular weight is 338 g/mol. The Bertz CT molecular complexity index is 527. The molecule has 0 bridgehead atoms. The highest BCUT2D eigenvalue weighted by atomic mass is 32.2. The van der Waals surface area contributed by atoms with Gasteiger partial charge in [0.1, 0.15) is 5.82 Å². The topological polar surface area (TPSA) is 39.7 Å². The number of thioether (sulfide) groups is 1. The Balaban J connectivity index is 1.82. The lowest BCUT2D eigenvalue weighted by atomic mass is 9.97. The molecule has 0 aliphatic carbocycles. The van der Waals surface area contributed by atoms with Gasteiger partial charge in [-0.3, -0.25) is 4.99 Å². The molecule has 1 heterocycles. The quantitative estimate of drug-likeness (QED) is 0.492. The molecule has 0 atom stereocenters. The number of likely N-dealkylation sites (tertiary alicyclic amines) is 1. The van der Waals surface area contributed by atoms with E-state index < -0.39 is 0 Å². The standard InChI is InChI=1S/C17H27FN4S/c1-19-17(20-11-13-6-8-22(2)9-7-13)21-12-14-10-15(18)4-5-16(14)23-3/h4-5,10,13H,6-9,11-12H2,1-3H3,(H2,19,20,21). The maximum Gasteiger partial charge on any atom is 0.191 e. The highest BCUT2D eigenvalue weighted by molar-refractivity contribution is 7.98. The lowest BCUT2D eigenvalue weighted by Crippen LogP contribution is -2.42. The van der Waals surface area contributed by atoms with Crippen LogP contribution in [0, 0.1) is 11.7 Å². The molecule has 1 fully saturated rings. The second-order valence-electron chi connectivity index (χ2n) is 6.01. The molecule has 23 heavy (non-hydrogen) atoms. The summed E-state index contributed by atoms with van der Waals surface area (Å²) < 4.78 is 13.4. The summed E-state index contributed by atoms with van der Waals surface area (Å²) in [5, 5.41) is 6.68. The average Bonchev–Trinajstić information content (AvgIpc) is 2.56. The van der Waals surface area contributed by atoms with E-state index >= 15 is 0 Å². The van der Waals surface area contributed by atoms with Crippen molar-refractivity contribution in [3.63, 3.8) is 0 Å². The lowest BCUT2D eigenvalue weighted by molar-refractivity contribution is 0.220. The number of hydrogen-bond donors (Lipinski definition) is 2. The van der Waals surface area contributed by atoms with E-state index in [1.54, 1.807) is 24.9 Å². The van der Waals surface area contributed by atoms with Crippen molar-refractivity contribution in [1.82, 2.24) is 15.5 Å². The predicted octanol–water partition coefficient (Wildman–Crippen LogP) is 2.55. The van der Waals surface area contributed by atoms with Crippen molar-refractivity contribution < 1.29 is 4.39 Å². The van der Waals surface area contributed by atoms with E-state index in [9.17, 15) is 4.39 Å². The molecule has 1 saturated heterocycles. The van der Waals surface area contributed by atoms with Crippen LogP contribution in [-0.4, -0.2) is 50.8 Å². The molecule has 4 nitrogen and oxygen atoms in total. The van der Waals surface area contributed by atoms with Gasteiger partial charge >= 0.3 is 0 Å². The number of rotatable bonds is 5. The monoisotopic (exact) mass is 338 g/mol. The zero-order valence-corrected chi connectivity index (χ0v) is 15.0. The first-order valence-electron chi connectivity index (χ1n) is 8.08. The molecule has 6 heteroatoms. The van der Waals surface area contributed by atoms with Crippen molar-refractivity contribution in [1.29, 1.82) is 0 Å². The highest BCUT2D eigenvalue weighted by Crippen LogP contribution is 2.21. The minimum atomic E-state index is -0.200. The Hall–Kier alpha value is -1.27. The second kappa shape index (κ2) is 9.13. The van der Waals surface area contributed by atoms with E-state index in [2.05, 4.69) is 27.6 Å². The summed E-state index contributed by atoms with van der Waals surface area (Å²) in [6.45, 7) is 3.84. The first-order chi connectivity index (χ1) is 11.1. The van der Waals surface area contributed by atoms with Crippen LogP contribution in [0.5, 0.6) is 0 Å². The van der Waals surface area contributed by atoms with Crippen molar-refractivity contribution in [3.05, 3.63) is 29.6 Å². The Morgan fingerprint density at radius 2 is 2.09 bits per heavy atom. The number of hydrogen-bond acceptors (Lipinski definition) is 3. The van der Waals surface area contributed by atoms with E-state index in [4.69, 9.17) is 0 Å². The van der Waals surface area contributed by atoms with Crippen LogP contribution in [0.25, 0.3) is 0 Å². The molecule has 0 amide bonds. The van der Waals surface area contributed by atoms with Gasteiger partial charge in [0, 0.05) is 25.0 Å². The van der Waals surface area contributed by atoms with Gasteiger partial charge in [-0.2, -0.15) is 0 Å². The van der Waals surface area contributed by atoms with Crippen molar-refractivity contribution in [2.24, 2.45) is 10.9 Å². The van der Waals surface area contributed by atoms with E-state index in [-0.39, 0.29) is 5.82 Å². The molecule has 128 valence electrons. The highest BCUT2D eigenvalue weighted by Gasteiger charge is 2.16. The Morgan fingerprint density at radius 3 is 2.74 bits per heavy atom. The van der Waals surface area contributed by atoms with Gasteiger partial charge in [0.15, 0.2) is 5.96 Å². The number of halogens is 1. The number of benzene rings is 1. The van der Waals surface area contributed by atoms with Gasteiger partial charge in [0.25, 0.3) is 0 Å². The van der Waals surface area contributed by atoms with Crippen LogP contribution in [-0.2, 0) is 6.54 Å². The summed E-state index contributed by atoms with van der Waals surface area (Å²) in [6, 6.07) is 4.91. The molecule has 0 spiro atoms. The molecule has 2 rings (SSSR count). The van der Waals surface area contributed by atoms with Gasteiger partial charge in [-0.25, -0.2) is 4.39 Å². The van der Waals surface area contributed by atoms with Crippen molar-refractivity contribution in [2.75, 3.05) is 40.0 Å². The third-order valence-electron chi connectivity index (χ3n) is 4.31. The number of nitrogens with zero attached hydrogens (tertiary/aromatic N) is 2. The van der Waals surface area contributed by atoms with Crippen LogP contribution in [0.3, 0.4) is 0 Å². The fourth-order valence-electron chi connectivity index (χ4n) is 2.79. The largest absolute Gasteiger partial charge is 0.356 e. The molecule has 0 unspecified atom stereocenters. The Kier molecular flexibility index (Phi) is 7.17. The molecular weight excluding hydrogens is 311 g/mol. The maximum atomic E-state index is 13.4. The third kappa shape index (κ3) is 5.70. The molecular formula is C17H27FN4S. The molecule has 1 aliphatic heterocycles. The Morgan fingerprint density at radius 1 is 1.35 bits per heavy atom. The van der Waals surface area contributed by atoms with Crippen LogP contribution < -0.4 is 10.6 Å². The zero-order valence-electron chi connectivity index (χ0n) is 14.2. The predicted molar refractivity (Wildman–Crippen MR) is 96.6 cm³/mol. The lowest BCUT2D eigenvalue weighted by Gasteiger charge is -2.29. The Labute approximate surface area is 142 Å². The number of piperidine rings is 1. The van der Waals surface area contributed by atoms with Gasteiger partial charge in [-0.15, -0.1) is 11.8 Å². The van der Waals surface area contributed by atoms with Crippen LogP contribution in [0.15, 0.2) is 28.1 Å². The summed E-state index contributed by atoms with van der Waals surface area (Å²) in [5.74, 6) is 1.27. The number of guanidine groups is 1. The molecule has 2 N–H and O–H groups in total. The normalized spacial score (nSPS) is 17.3. The van der Waals surface area contributed by atoms with E-state index in [0.29, 0.717) is 12.5 Å². The minimum Gasteiger partial charge on any atom is -0.356 e. The minimum absolute atomic E-state index is 0.200. The van der Waals surface area contributed by atoms with Crippen molar-refractivity contribution in [3.8, 4) is 0 Å². The number of aliphatic imine (C=N–C) groups is 1. The van der Waals surface area contributed by atoms with Crippen LogP contribution in [0.2, 0.25) is 0 Å². The molecule has 1 aliphatic rings. The number of nitrogens with one attached hydrogen (secondary N) is 2. The second-order valence-corrected chi connectivity index (χ2v) is 6.86. The fourth-order valence-corrected chi connectivity index (χ4v) is 3.39. The summed E-state index contributed by atoms with van der Waals surface area (Å²) in [7, 11) is 3.94. The van der Waals surface area contributed by atoms with E-state index in [1.165, 1.54) is 32.0 Å². The summed E-state index contributed by atoms with van der Waals surface area (Å²) in [5.41, 5.74) is 0.958. The summed E-state index contributed by atoms with van der Waals surface area (Å²) >= 11 is 1.63. The van der Waals surface area contributed by atoms with Gasteiger partial charge in [-0.05, 0) is 68.9 Å². The van der Waals surface area contributed by atoms with E-state index in [1.807, 2.05) is 12.3 Å². The smallest absolute Gasteiger partial charge is 0.191 e. The van der Waals surface area contributed by atoms with E-state index in [0.717, 1.165) is 23.0 Å². The van der Waals surface area contributed by atoms with Crippen molar-refractivity contribution >= 4 is 17.7 Å². The van der Waals surface area contributed by atoms with Gasteiger partial charge < -0.3 is 15.5 Å². The van der Waals surface area contributed by atoms with Gasteiger partial charge in [0.05, 0.1) is 0 Å². The summed E-state index contributed by atoms with van der Waals surface area (Å²) in [4.78, 5) is 7.72. The fraction of sp³-hybridized carbons (Fsp3) is 0.588. The molecule has 0 aromatic heterocycles. The first kappa shape index (κ1) is 18.1. The third-order valence-corrected chi connectivity index (χ3v) is 5.15. The molecule has 0 radical (unpaired) electrons. The van der Waals surface area contributed by atoms with Crippen LogP contribution in [0.4, 0.5) is 4.39 Å². The maximum absolute atomic E-state index is 13.4. The SMILES string of the molecule is CN=C(NCc1cc(F)ccc1SC)NCC1CCN(C)CC1. The van der Waals surface area contributed by atoms with Crippen molar-refractivity contribution in [2.45, 2.75) is 24.3 Å². The van der Waals surface area contributed by atoms with Crippen LogP contribution in [0.1, 0.15) is 18.4 Å². The van der Waals surface area contributed by atoms with Gasteiger partial charge in [-0.1, -0.05) is 0 Å². The van der Waals surface area contributed by atoms with Gasteiger partial charge in [0.2, 0.25) is 0 Å². The zero-order chi connectivity index (χ0) is 16.7.